The number of para-hydroxylation sites is 1. The van der Waals surface area contributed by atoms with Gasteiger partial charge in [0.15, 0.2) is 0 Å². The monoisotopic (exact) mass is 291 g/mol. The molecule has 0 saturated carbocycles. The fraction of sp³-hybridized carbons (Fsp3) is 0.500. The third-order valence-corrected chi connectivity index (χ3v) is 3.34. The average molecular weight is 291 g/mol. The Kier molecular flexibility index (Phi) is 7.46. The van der Waals surface area contributed by atoms with Crippen LogP contribution in [0.15, 0.2) is 30.3 Å². The van der Waals surface area contributed by atoms with Gasteiger partial charge in [0.1, 0.15) is 0 Å². The molecule has 0 bridgehead atoms. The maximum atomic E-state index is 12.0. The number of hydrogen-bond acceptors (Lipinski definition) is 3. The first-order valence-corrected chi connectivity index (χ1v) is 7.45. The third-order valence-electron chi connectivity index (χ3n) is 3.34. The van der Waals surface area contributed by atoms with Crippen molar-refractivity contribution in [3.05, 3.63) is 30.3 Å². The Labute approximate surface area is 126 Å². The van der Waals surface area contributed by atoms with Gasteiger partial charge in [-0.1, -0.05) is 18.2 Å². The second kappa shape index (κ2) is 9.13. The molecule has 0 aliphatic rings. The van der Waals surface area contributed by atoms with Crippen LogP contribution in [0.5, 0.6) is 0 Å². The zero-order valence-corrected chi connectivity index (χ0v) is 13.1. The highest BCUT2D eigenvalue weighted by Gasteiger charge is 2.14. The number of carbonyl (C=O) groups excluding carboxylic acids is 2. The molecule has 0 spiro atoms. The van der Waals surface area contributed by atoms with Gasteiger partial charge in [-0.3, -0.25) is 9.59 Å². The van der Waals surface area contributed by atoms with Crippen molar-refractivity contribution in [1.29, 1.82) is 0 Å². The topological polar surface area (TPSA) is 61.4 Å². The maximum absolute atomic E-state index is 12.0. The van der Waals surface area contributed by atoms with Crippen molar-refractivity contribution in [2.75, 3.05) is 25.0 Å². The predicted octanol–water partition coefficient (Wildman–Crippen LogP) is 1.86. The van der Waals surface area contributed by atoms with E-state index in [4.69, 9.17) is 0 Å². The summed E-state index contributed by atoms with van der Waals surface area (Å²) in [6.07, 6.45) is 0.407. The summed E-state index contributed by atoms with van der Waals surface area (Å²) in [4.78, 5) is 25.6. The van der Waals surface area contributed by atoms with E-state index in [1.54, 1.807) is 11.8 Å². The molecule has 1 rings (SSSR count). The Morgan fingerprint density at radius 2 is 1.76 bits per heavy atom. The van der Waals surface area contributed by atoms with Crippen LogP contribution in [0.25, 0.3) is 0 Å². The molecule has 116 valence electrons. The molecule has 5 nitrogen and oxygen atoms in total. The first kappa shape index (κ1) is 17.2. The number of hydrogen-bond donors (Lipinski definition) is 2. The van der Waals surface area contributed by atoms with E-state index in [1.807, 2.05) is 44.2 Å². The fourth-order valence-electron chi connectivity index (χ4n) is 1.99. The van der Waals surface area contributed by atoms with E-state index >= 15 is 0 Å². The van der Waals surface area contributed by atoms with Gasteiger partial charge in [-0.25, -0.2) is 0 Å². The first-order chi connectivity index (χ1) is 10.1. The third kappa shape index (κ3) is 5.95. The Hall–Kier alpha value is -1.88. The van der Waals surface area contributed by atoms with E-state index in [0.29, 0.717) is 13.0 Å². The first-order valence-electron chi connectivity index (χ1n) is 7.45. The molecule has 0 fully saturated rings. The van der Waals surface area contributed by atoms with E-state index < -0.39 is 0 Å². The predicted molar refractivity (Wildman–Crippen MR) is 85.1 cm³/mol. The molecule has 2 amide bonds. The smallest absolute Gasteiger partial charge is 0.241 e. The quantitative estimate of drug-likeness (QED) is 0.768. The number of nitrogens with zero attached hydrogens (tertiary/aromatic N) is 1. The minimum Gasteiger partial charge on any atom is -0.343 e. The highest BCUT2D eigenvalue weighted by molar-refractivity contribution is 5.94. The Bertz CT molecular complexity index is 444. The summed E-state index contributed by atoms with van der Waals surface area (Å²) < 4.78 is 0. The molecule has 1 aromatic carbocycles. The van der Waals surface area contributed by atoms with E-state index in [0.717, 1.165) is 18.8 Å². The molecule has 0 saturated heterocycles. The van der Waals surface area contributed by atoms with Gasteiger partial charge in [0.2, 0.25) is 11.8 Å². The molecule has 1 atom stereocenters. The molecule has 1 aromatic rings. The maximum Gasteiger partial charge on any atom is 0.241 e. The summed E-state index contributed by atoms with van der Waals surface area (Å²) >= 11 is 0. The molecular weight excluding hydrogens is 266 g/mol. The number of carbonyl (C=O) groups is 2. The van der Waals surface area contributed by atoms with Gasteiger partial charge in [0, 0.05) is 31.7 Å². The summed E-state index contributed by atoms with van der Waals surface area (Å²) in [5.74, 6) is 0.0136. The highest BCUT2D eigenvalue weighted by Crippen LogP contribution is 2.05. The van der Waals surface area contributed by atoms with Crippen LogP contribution in [0.4, 0.5) is 5.69 Å². The largest absolute Gasteiger partial charge is 0.343 e. The van der Waals surface area contributed by atoms with Crippen molar-refractivity contribution in [3.8, 4) is 0 Å². The summed E-state index contributed by atoms with van der Waals surface area (Å²) in [7, 11) is 0. The zero-order valence-electron chi connectivity index (χ0n) is 13.1. The molecule has 0 aliphatic heterocycles. The standard InChI is InChI=1S/C16H25N3O2/c1-4-19(5-2)15(20)11-12-17-13(3)16(21)18-14-9-7-6-8-10-14/h6-10,13,17H,4-5,11-12H2,1-3H3,(H,18,21). The van der Waals surface area contributed by atoms with Crippen molar-refractivity contribution < 1.29 is 9.59 Å². The lowest BCUT2D eigenvalue weighted by Crippen LogP contribution is -2.40. The molecule has 1 unspecified atom stereocenters. The van der Waals surface area contributed by atoms with Crippen LogP contribution in [0.3, 0.4) is 0 Å². The molecule has 0 aliphatic carbocycles. The highest BCUT2D eigenvalue weighted by atomic mass is 16.2. The number of rotatable bonds is 8. The fourth-order valence-corrected chi connectivity index (χ4v) is 1.99. The van der Waals surface area contributed by atoms with E-state index in [2.05, 4.69) is 10.6 Å². The van der Waals surface area contributed by atoms with Crippen molar-refractivity contribution >= 4 is 17.5 Å². The summed E-state index contributed by atoms with van der Waals surface area (Å²) in [5, 5.41) is 5.91. The van der Waals surface area contributed by atoms with Gasteiger partial charge in [-0.2, -0.15) is 0 Å². The van der Waals surface area contributed by atoms with Crippen LogP contribution in [0, 0.1) is 0 Å². The van der Waals surface area contributed by atoms with Gasteiger partial charge in [0.05, 0.1) is 6.04 Å². The van der Waals surface area contributed by atoms with Crippen LogP contribution in [0.2, 0.25) is 0 Å². The zero-order chi connectivity index (χ0) is 15.7. The summed E-state index contributed by atoms with van der Waals surface area (Å²) in [6.45, 7) is 7.66. The second-order valence-electron chi connectivity index (χ2n) is 4.85. The number of nitrogens with one attached hydrogen (secondary N) is 2. The number of benzene rings is 1. The minimum atomic E-state index is -0.338. The van der Waals surface area contributed by atoms with Crippen molar-refractivity contribution in [2.24, 2.45) is 0 Å². The minimum absolute atomic E-state index is 0.100. The lowest BCUT2D eigenvalue weighted by molar-refractivity contribution is -0.131. The number of amides is 2. The molecule has 0 aromatic heterocycles. The molecule has 0 heterocycles. The van der Waals surface area contributed by atoms with Crippen molar-refractivity contribution in [1.82, 2.24) is 10.2 Å². The molecular formula is C16H25N3O2. The van der Waals surface area contributed by atoms with Crippen molar-refractivity contribution in [3.63, 3.8) is 0 Å². The van der Waals surface area contributed by atoms with Gasteiger partial charge < -0.3 is 15.5 Å². The van der Waals surface area contributed by atoms with Crippen LogP contribution in [-0.4, -0.2) is 42.4 Å². The Morgan fingerprint density at radius 3 is 2.33 bits per heavy atom. The van der Waals surface area contributed by atoms with Crippen LogP contribution >= 0.6 is 0 Å². The molecule has 2 N–H and O–H groups in total. The average Bonchev–Trinajstić information content (AvgIpc) is 2.49. The van der Waals surface area contributed by atoms with E-state index in [9.17, 15) is 9.59 Å². The second-order valence-corrected chi connectivity index (χ2v) is 4.85. The van der Waals surface area contributed by atoms with Gasteiger partial charge in [0.25, 0.3) is 0 Å². The van der Waals surface area contributed by atoms with Crippen LogP contribution in [-0.2, 0) is 9.59 Å². The SMILES string of the molecule is CCN(CC)C(=O)CCNC(C)C(=O)Nc1ccccc1. The normalized spacial score (nSPS) is 11.8. The van der Waals surface area contributed by atoms with E-state index in [-0.39, 0.29) is 17.9 Å². The van der Waals surface area contributed by atoms with E-state index in [1.165, 1.54) is 0 Å². The molecule has 5 heteroatoms. The summed E-state index contributed by atoms with van der Waals surface area (Å²) in [5.41, 5.74) is 0.773. The van der Waals surface area contributed by atoms with Gasteiger partial charge in [-0.15, -0.1) is 0 Å². The summed E-state index contributed by atoms with van der Waals surface area (Å²) in [6, 6.07) is 8.99. The van der Waals surface area contributed by atoms with Gasteiger partial charge in [-0.05, 0) is 32.9 Å². The van der Waals surface area contributed by atoms with Gasteiger partial charge >= 0.3 is 0 Å². The molecule has 0 radical (unpaired) electrons. The number of anilines is 1. The lowest BCUT2D eigenvalue weighted by atomic mass is 10.2. The Morgan fingerprint density at radius 1 is 1.14 bits per heavy atom. The lowest BCUT2D eigenvalue weighted by Gasteiger charge is -2.19. The van der Waals surface area contributed by atoms with Crippen LogP contribution in [0.1, 0.15) is 27.2 Å². The molecule has 21 heavy (non-hydrogen) atoms. The van der Waals surface area contributed by atoms with Crippen LogP contribution < -0.4 is 10.6 Å². The Balaban J connectivity index is 2.31. The van der Waals surface area contributed by atoms with Crippen molar-refractivity contribution in [2.45, 2.75) is 33.2 Å².